The van der Waals surface area contributed by atoms with Gasteiger partial charge < -0.3 is 15.7 Å². The van der Waals surface area contributed by atoms with E-state index in [-0.39, 0.29) is 24.3 Å². The van der Waals surface area contributed by atoms with Crippen molar-refractivity contribution < 1.29 is 9.50 Å². The van der Waals surface area contributed by atoms with Crippen molar-refractivity contribution in [1.82, 2.24) is 4.90 Å². The van der Waals surface area contributed by atoms with E-state index in [1.54, 1.807) is 30.3 Å². The minimum atomic E-state index is -0.584. The van der Waals surface area contributed by atoms with Crippen LogP contribution in [-0.2, 0) is 0 Å². The van der Waals surface area contributed by atoms with Gasteiger partial charge in [-0.2, -0.15) is 5.26 Å². The van der Waals surface area contributed by atoms with Gasteiger partial charge >= 0.3 is 0 Å². The fraction of sp³-hybridized carbons (Fsp3) is 0.222. The summed E-state index contributed by atoms with van der Waals surface area (Å²) in [6.07, 6.45) is 0. The summed E-state index contributed by atoms with van der Waals surface area (Å²) in [6.45, 7) is -0.197. The van der Waals surface area contributed by atoms with Gasteiger partial charge in [-0.15, -0.1) is 0 Å². The number of nitrogens with two attached hydrogens (primary N) is 1. The second-order valence-electron chi connectivity index (χ2n) is 5.74. The largest absolute Gasteiger partial charge is 0.394 e. The van der Waals surface area contributed by atoms with Gasteiger partial charge in [-0.1, -0.05) is 42.5 Å². The lowest BCUT2D eigenvalue weighted by Crippen LogP contribution is -2.66. The summed E-state index contributed by atoms with van der Waals surface area (Å²) in [6, 6.07) is 14.9. The van der Waals surface area contributed by atoms with Crippen LogP contribution in [0.5, 0.6) is 0 Å². The topological polar surface area (TPSA) is 97.1 Å². The number of halogens is 1. The van der Waals surface area contributed by atoms with Gasteiger partial charge in [-0.05, 0) is 17.2 Å². The molecule has 1 heterocycles. The van der Waals surface area contributed by atoms with Gasteiger partial charge in [0.15, 0.2) is 5.96 Å². The van der Waals surface area contributed by atoms with E-state index in [9.17, 15) is 14.8 Å². The molecule has 3 rings (SSSR count). The Balaban J connectivity index is 1.90. The average molecular weight is 324 g/mol. The molecule has 4 N–H and O–H groups in total. The van der Waals surface area contributed by atoms with Crippen molar-refractivity contribution >= 4 is 5.96 Å². The predicted molar refractivity (Wildman–Crippen MR) is 88.6 cm³/mol. The molecular weight excluding hydrogens is 307 g/mol. The smallest absolute Gasteiger partial charge is 0.189 e. The van der Waals surface area contributed by atoms with E-state index in [4.69, 9.17) is 11.1 Å². The van der Waals surface area contributed by atoms with E-state index in [2.05, 4.69) is 6.07 Å². The summed E-state index contributed by atoms with van der Waals surface area (Å²) in [4.78, 5) is 1.41. The first-order chi connectivity index (χ1) is 11.6. The van der Waals surface area contributed by atoms with Crippen molar-refractivity contribution in [3.63, 3.8) is 0 Å². The summed E-state index contributed by atoms with van der Waals surface area (Å²) in [5.74, 6) is -0.752. The number of nitriles is 1. The number of rotatable bonds is 3. The van der Waals surface area contributed by atoms with Gasteiger partial charge in [0.1, 0.15) is 11.9 Å². The van der Waals surface area contributed by atoms with E-state index in [1.807, 2.05) is 12.1 Å². The van der Waals surface area contributed by atoms with Crippen LogP contribution in [0.15, 0.2) is 48.5 Å². The minimum Gasteiger partial charge on any atom is -0.394 e. The third-order valence-corrected chi connectivity index (χ3v) is 4.49. The molecule has 1 fully saturated rings. The van der Waals surface area contributed by atoms with Crippen LogP contribution >= 0.6 is 0 Å². The highest BCUT2D eigenvalue weighted by molar-refractivity contribution is 5.78. The quantitative estimate of drug-likeness (QED) is 0.594. The van der Waals surface area contributed by atoms with Crippen molar-refractivity contribution in [1.29, 1.82) is 10.7 Å². The summed E-state index contributed by atoms with van der Waals surface area (Å²) in [5.41, 5.74) is 7.61. The van der Waals surface area contributed by atoms with E-state index in [1.165, 1.54) is 11.0 Å². The van der Waals surface area contributed by atoms with E-state index >= 15 is 0 Å². The number of hydrogen-bond acceptors (Lipinski definition) is 3. The summed E-state index contributed by atoms with van der Waals surface area (Å²) < 4.78 is 13.9. The minimum absolute atomic E-state index is 0.197. The fourth-order valence-corrected chi connectivity index (χ4v) is 3.32. The first-order valence-corrected chi connectivity index (χ1v) is 7.56. The molecule has 0 bridgehead atoms. The normalized spacial score (nSPS) is 22.5. The van der Waals surface area contributed by atoms with Crippen molar-refractivity contribution in [2.45, 2.75) is 18.0 Å². The van der Waals surface area contributed by atoms with Gasteiger partial charge in [-0.25, -0.2) is 4.39 Å². The Labute approximate surface area is 139 Å². The fourth-order valence-electron chi connectivity index (χ4n) is 3.32. The lowest BCUT2D eigenvalue weighted by molar-refractivity contribution is 0.0418. The predicted octanol–water partition coefficient (Wildman–Crippen LogP) is 2.04. The van der Waals surface area contributed by atoms with Crippen LogP contribution < -0.4 is 5.73 Å². The van der Waals surface area contributed by atoms with Crippen LogP contribution in [0.1, 0.15) is 11.5 Å². The molecule has 1 aliphatic rings. The molecule has 1 aliphatic heterocycles. The standard InChI is InChI=1S/C18H17FN4O/c19-14-4-2-1-3-13(14)11-5-7-12(8-6-11)17-15(9-20)23(18(21)22)16(17)10-24/h1-8,15-17,24H,10H2,(H3,21,22)/t15-,16-,17-/m0/s1. The monoisotopic (exact) mass is 324 g/mol. The van der Waals surface area contributed by atoms with E-state index < -0.39 is 12.1 Å². The molecule has 0 aromatic heterocycles. The number of aliphatic hydroxyl groups excluding tert-OH is 1. The Hall–Kier alpha value is -2.91. The van der Waals surface area contributed by atoms with Crippen molar-refractivity contribution in [2.75, 3.05) is 6.61 Å². The Morgan fingerprint density at radius 2 is 1.92 bits per heavy atom. The second kappa shape index (κ2) is 6.30. The Kier molecular flexibility index (Phi) is 4.19. The molecule has 2 aromatic carbocycles. The second-order valence-corrected chi connectivity index (χ2v) is 5.74. The van der Waals surface area contributed by atoms with Crippen LogP contribution in [0.2, 0.25) is 0 Å². The van der Waals surface area contributed by atoms with Gasteiger partial charge in [0.05, 0.1) is 18.7 Å². The first-order valence-electron chi connectivity index (χ1n) is 7.56. The zero-order chi connectivity index (χ0) is 17.3. The van der Waals surface area contributed by atoms with E-state index in [0.717, 1.165) is 11.1 Å². The lowest BCUT2D eigenvalue weighted by atomic mass is 9.76. The van der Waals surface area contributed by atoms with Crippen molar-refractivity contribution in [3.05, 3.63) is 59.9 Å². The molecule has 6 heteroatoms. The number of guanidine groups is 1. The van der Waals surface area contributed by atoms with Crippen LogP contribution in [0.25, 0.3) is 11.1 Å². The zero-order valence-electron chi connectivity index (χ0n) is 12.9. The molecule has 24 heavy (non-hydrogen) atoms. The molecule has 1 saturated heterocycles. The molecule has 0 saturated carbocycles. The highest BCUT2D eigenvalue weighted by Crippen LogP contribution is 2.40. The molecule has 2 aromatic rings. The molecule has 3 atom stereocenters. The van der Waals surface area contributed by atoms with E-state index in [0.29, 0.717) is 5.56 Å². The summed E-state index contributed by atoms with van der Waals surface area (Å²) in [5, 5.41) is 26.5. The van der Waals surface area contributed by atoms with Crippen LogP contribution in [0.3, 0.4) is 0 Å². The number of nitrogens with one attached hydrogen (secondary N) is 1. The molecule has 0 radical (unpaired) electrons. The maximum absolute atomic E-state index is 13.9. The SMILES string of the molecule is N#C[C@H]1[C@H](c2ccc(-c3ccccc3F)cc2)[C@H](CO)N1C(=N)N. The van der Waals surface area contributed by atoms with Crippen LogP contribution in [0, 0.1) is 22.6 Å². The highest BCUT2D eigenvalue weighted by Gasteiger charge is 2.50. The third-order valence-electron chi connectivity index (χ3n) is 4.49. The maximum atomic E-state index is 13.9. The lowest BCUT2D eigenvalue weighted by Gasteiger charge is -2.51. The van der Waals surface area contributed by atoms with Crippen molar-refractivity contribution in [3.8, 4) is 17.2 Å². The number of nitrogens with zero attached hydrogens (tertiary/aromatic N) is 2. The molecule has 0 spiro atoms. The zero-order valence-corrected chi connectivity index (χ0v) is 12.9. The van der Waals surface area contributed by atoms with Crippen LogP contribution in [-0.4, -0.2) is 34.7 Å². The average Bonchev–Trinajstić information content (AvgIpc) is 2.55. The van der Waals surface area contributed by atoms with Crippen LogP contribution in [0.4, 0.5) is 4.39 Å². The number of aliphatic hydroxyl groups is 1. The molecule has 0 aliphatic carbocycles. The van der Waals surface area contributed by atoms with Gasteiger partial charge in [-0.3, -0.25) is 5.41 Å². The molecule has 122 valence electrons. The Morgan fingerprint density at radius 1 is 1.25 bits per heavy atom. The molecular formula is C18H17FN4O. The number of benzene rings is 2. The third kappa shape index (κ3) is 2.49. The molecule has 5 nitrogen and oxygen atoms in total. The highest BCUT2D eigenvalue weighted by atomic mass is 19.1. The Bertz CT molecular complexity index is 799. The summed E-state index contributed by atoms with van der Waals surface area (Å²) in [7, 11) is 0. The first kappa shape index (κ1) is 16.0. The molecule has 0 amide bonds. The number of hydrogen-bond donors (Lipinski definition) is 3. The van der Waals surface area contributed by atoms with Gasteiger partial charge in [0.2, 0.25) is 0 Å². The summed E-state index contributed by atoms with van der Waals surface area (Å²) >= 11 is 0. The molecule has 0 unspecified atom stereocenters. The van der Waals surface area contributed by atoms with Gasteiger partial charge in [0, 0.05) is 11.5 Å². The Morgan fingerprint density at radius 3 is 2.46 bits per heavy atom. The maximum Gasteiger partial charge on any atom is 0.189 e. The van der Waals surface area contributed by atoms with Crippen molar-refractivity contribution in [2.24, 2.45) is 5.73 Å². The number of likely N-dealkylation sites (tertiary alicyclic amines) is 1. The van der Waals surface area contributed by atoms with Gasteiger partial charge in [0.25, 0.3) is 0 Å².